The molecular weight excluding hydrogens is 272 g/mol. The molecule has 0 saturated heterocycles. The van der Waals surface area contributed by atoms with Gasteiger partial charge in [-0.1, -0.05) is 19.8 Å². The van der Waals surface area contributed by atoms with Crippen molar-refractivity contribution in [3.63, 3.8) is 0 Å². The summed E-state index contributed by atoms with van der Waals surface area (Å²) < 4.78 is 28.3. The summed E-state index contributed by atoms with van der Waals surface area (Å²) in [6.45, 7) is 1.10. The largest absolute Gasteiger partial charge is 0.480 e. The van der Waals surface area contributed by atoms with Gasteiger partial charge in [0.2, 0.25) is 5.91 Å². The van der Waals surface area contributed by atoms with E-state index in [2.05, 4.69) is 10.1 Å². The minimum Gasteiger partial charge on any atom is -0.480 e. The zero-order valence-corrected chi connectivity index (χ0v) is 11.5. The third kappa shape index (κ3) is 5.03. The van der Waals surface area contributed by atoms with Gasteiger partial charge in [-0.25, -0.2) is 13.6 Å². The minimum absolute atomic E-state index is 0.115. The van der Waals surface area contributed by atoms with Crippen molar-refractivity contribution >= 4 is 11.9 Å². The van der Waals surface area contributed by atoms with Gasteiger partial charge in [-0.05, 0) is 18.8 Å². The van der Waals surface area contributed by atoms with Crippen LogP contribution in [0.4, 0.5) is 8.78 Å². The molecule has 20 heavy (non-hydrogen) atoms. The second-order valence-electron chi connectivity index (χ2n) is 5.35. The third-order valence-electron chi connectivity index (χ3n) is 3.50. The Morgan fingerprint density at radius 3 is 2.75 bits per heavy atom. The number of nitrogens with one attached hydrogen (secondary N) is 1. The van der Waals surface area contributed by atoms with E-state index in [1.54, 1.807) is 0 Å². The van der Waals surface area contributed by atoms with Crippen LogP contribution in [0.25, 0.3) is 0 Å². The Morgan fingerprint density at radius 1 is 1.50 bits per heavy atom. The molecule has 1 rings (SSSR count). The SMILES string of the molecule is CC1CCCC(NC(=O)CCOCC(F)F)(C(=O)O)C1. The van der Waals surface area contributed by atoms with Gasteiger partial charge < -0.3 is 15.2 Å². The van der Waals surface area contributed by atoms with Crippen molar-refractivity contribution in [1.29, 1.82) is 0 Å². The van der Waals surface area contributed by atoms with Crippen molar-refractivity contribution in [3.8, 4) is 0 Å². The predicted molar refractivity (Wildman–Crippen MR) is 67.6 cm³/mol. The van der Waals surface area contributed by atoms with E-state index in [1.165, 1.54) is 0 Å². The van der Waals surface area contributed by atoms with Crippen molar-refractivity contribution in [2.24, 2.45) is 5.92 Å². The number of ether oxygens (including phenoxy) is 1. The Morgan fingerprint density at radius 2 is 2.20 bits per heavy atom. The number of carbonyl (C=O) groups is 2. The van der Waals surface area contributed by atoms with Gasteiger partial charge in [0.15, 0.2) is 0 Å². The number of carbonyl (C=O) groups excluding carboxylic acids is 1. The molecule has 2 N–H and O–H groups in total. The Kier molecular flexibility index (Phi) is 6.32. The molecule has 2 atom stereocenters. The van der Waals surface area contributed by atoms with Crippen molar-refractivity contribution in [3.05, 3.63) is 0 Å². The fourth-order valence-electron chi connectivity index (χ4n) is 2.58. The van der Waals surface area contributed by atoms with Gasteiger partial charge in [-0.15, -0.1) is 0 Å². The lowest BCUT2D eigenvalue weighted by atomic mass is 9.76. The summed E-state index contributed by atoms with van der Waals surface area (Å²) in [7, 11) is 0. The maximum atomic E-state index is 11.8. The summed E-state index contributed by atoms with van der Waals surface area (Å²) in [6.07, 6.45) is -0.196. The van der Waals surface area contributed by atoms with Gasteiger partial charge in [0.05, 0.1) is 6.61 Å². The van der Waals surface area contributed by atoms with Crippen LogP contribution in [0.15, 0.2) is 0 Å². The van der Waals surface area contributed by atoms with Crippen LogP contribution in [0.5, 0.6) is 0 Å². The van der Waals surface area contributed by atoms with Crippen LogP contribution in [0.2, 0.25) is 0 Å². The number of aliphatic carboxylic acids is 1. The molecular formula is C13H21F2NO4. The number of amides is 1. The Balaban J connectivity index is 2.45. The highest BCUT2D eigenvalue weighted by molar-refractivity contribution is 5.87. The summed E-state index contributed by atoms with van der Waals surface area (Å²) in [5, 5.41) is 11.9. The molecule has 0 spiro atoms. The number of carboxylic acid groups (broad SMARTS) is 1. The van der Waals surface area contributed by atoms with E-state index in [1.807, 2.05) is 6.92 Å². The lowest BCUT2D eigenvalue weighted by molar-refractivity contribution is -0.150. The van der Waals surface area contributed by atoms with Crippen LogP contribution >= 0.6 is 0 Å². The van der Waals surface area contributed by atoms with Gasteiger partial charge in [0.1, 0.15) is 12.1 Å². The molecule has 1 amide bonds. The van der Waals surface area contributed by atoms with E-state index < -0.39 is 30.4 Å². The zero-order valence-electron chi connectivity index (χ0n) is 11.5. The van der Waals surface area contributed by atoms with Gasteiger partial charge in [-0.2, -0.15) is 0 Å². The summed E-state index contributed by atoms with van der Waals surface area (Å²) in [4.78, 5) is 23.2. The molecule has 1 aliphatic rings. The van der Waals surface area contributed by atoms with Gasteiger partial charge in [-0.3, -0.25) is 4.79 Å². The molecule has 116 valence electrons. The minimum atomic E-state index is -2.57. The lowest BCUT2D eigenvalue weighted by Crippen LogP contribution is -2.56. The van der Waals surface area contributed by atoms with Crippen LogP contribution in [0.1, 0.15) is 39.0 Å². The molecule has 0 radical (unpaired) electrons. The maximum Gasteiger partial charge on any atom is 0.329 e. The van der Waals surface area contributed by atoms with E-state index in [4.69, 9.17) is 0 Å². The van der Waals surface area contributed by atoms with Crippen LogP contribution in [-0.2, 0) is 14.3 Å². The smallest absolute Gasteiger partial charge is 0.329 e. The second-order valence-corrected chi connectivity index (χ2v) is 5.35. The Labute approximate surface area is 116 Å². The maximum absolute atomic E-state index is 11.8. The highest BCUT2D eigenvalue weighted by Gasteiger charge is 2.42. The van der Waals surface area contributed by atoms with Crippen molar-refractivity contribution in [1.82, 2.24) is 5.32 Å². The summed E-state index contributed by atoms with van der Waals surface area (Å²) >= 11 is 0. The van der Waals surface area contributed by atoms with E-state index in [-0.39, 0.29) is 18.9 Å². The number of halogens is 2. The second kappa shape index (κ2) is 7.52. The van der Waals surface area contributed by atoms with Gasteiger partial charge in [0.25, 0.3) is 6.43 Å². The molecule has 0 aromatic heterocycles. The van der Waals surface area contributed by atoms with Crippen LogP contribution in [0, 0.1) is 5.92 Å². The monoisotopic (exact) mass is 293 g/mol. The third-order valence-corrected chi connectivity index (χ3v) is 3.50. The fourth-order valence-corrected chi connectivity index (χ4v) is 2.58. The van der Waals surface area contributed by atoms with E-state index >= 15 is 0 Å². The average Bonchev–Trinajstić information content (AvgIpc) is 2.34. The quantitative estimate of drug-likeness (QED) is 0.702. The Hall–Kier alpha value is -1.24. The zero-order chi connectivity index (χ0) is 15.2. The first-order valence-electron chi connectivity index (χ1n) is 6.76. The van der Waals surface area contributed by atoms with Gasteiger partial charge in [0, 0.05) is 6.42 Å². The first-order valence-corrected chi connectivity index (χ1v) is 6.76. The topological polar surface area (TPSA) is 75.6 Å². The number of carboxylic acids is 1. The molecule has 0 bridgehead atoms. The molecule has 5 nitrogen and oxygen atoms in total. The molecule has 7 heteroatoms. The van der Waals surface area contributed by atoms with Crippen LogP contribution in [-0.4, -0.2) is 42.2 Å². The number of hydrogen-bond acceptors (Lipinski definition) is 3. The van der Waals surface area contributed by atoms with Gasteiger partial charge >= 0.3 is 5.97 Å². The summed E-state index contributed by atoms with van der Waals surface area (Å²) in [6, 6.07) is 0. The van der Waals surface area contributed by atoms with E-state index in [0.29, 0.717) is 12.8 Å². The van der Waals surface area contributed by atoms with Crippen molar-refractivity contribution < 1.29 is 28.2 Å². The highest BCUT2D eigenvalue weighted by Crippen LogP contribution is 2.32. The number of alkyl halides is 2. The van der Waals surface area contributed by atoms with E-state index in [9.17, 15) is 23.5 Å². The fraction of sp³-hybridized carbons (Fsp3) is 0.846. The standard InChI is InChI=1S/C13H21F2NO4/c1-9-3-2-5-13(7-9,12(18)19)16-11(17)4-6-20-8-10(14)15/h9-10H,2-8H2,1H3,(H,16,17)(H,18,19). The molecule has 0 heterocycles. The first-order chi connectivity index (χ1) is 9.35. The van der Waals surface area contributed by atoms with Crippen molar-refractivity contribution in [2.75, 3.05) is 13.2 Å². The molecule has 0 aromatic rings. The molecule has 0 aliphatic heterocycles. The summed E-state index contributed by atoms with van der Waals surface area (Å²) in [5.41, 5.74) is -1.22. The predicted octanol–water partition coefficient (Wildman–Crippen LogP) is 1.81. The molecule has 2 unspecified atom stereocenters. The molecule has 1 saturated carbocycles. The first kappa shape index (κ1) is 16.8. The van der Waals surface area contributed by atoms with Crippen molar-refractivity contribution in [2.45, 2.75) is 51.0 Å². The molecule has 0 aromatic carbocycles. The number of rotatable bonds is 7. The van der Waals surface area contributed by atoms with E-state index in [0.717, 1.165) is 12.8 Å². The normalized spacial score (nSPS) is 26.5. The molecule has 1 aliphatic carbocycles. The average molecular weight is 293 g/mol. The van der Waals surface area contributed by atoms with Crippen LogP contribution < -0.4 is 5.32 Å². The summed E-state index contributed by atoms with van der Waals surface area (Å²) in [5.74, 6) is -1.28. The molecule has 1 fully saturated rings. The lowest BCUT2D eigenvalue weighted by Gasteiger charge is -2.37. The van der Waals surface area contributed by atoms with Crippen LogP contribution in [0.3, 0.4) is 0 Å². The number of hydrogen-bond donors (Lipinski definition) is 2. The highest BCUT2D eigenvalue weighted by atomic mass is 19.3. The Bertz CT molecular complexity index is 351.